The molecule has 0 aromatic rings. The van der Waals surface area contributed by atoms with Crippen LogP contribution < -0.4 is 5.32 Å². The van der Waals surface area contributed by atoms with Crippen LogP contribution in [0.25, 0.3) is 0 Å². The molecule has 9 heteroatoms. The van der Waals surface area contributed by atoms with Crippen molar-refractivity contribution in [2.24, 2.45) is 0 Å². The van der Waals surface area contributed by atoms with Crippen LogP contribution in [0, 0.1) is 0 Å². The highest BCUT2D eigenvalue weighted by Gasteiger charge is 2.27. The summed E-state index contributed by atoms with van der Waals surface area (Å²) in [5, 5.41) is 13.7. The van der Waals surface area contributed by atoms with Gasteiger partial charge in [0.15, 0.2) is 0 Å². The van der Waals surface area contributed by atoms with Gasteiger partial charge in [-0.3, -0.25) is 13.8 Å². The van der Waals surface area contributed by atoms with Crippen molar-refractivity contribution in [3.63, 3.8) is 0 Å². The van der Waals surface area contributed by atoms with E-state index in [1.807, 2.05) is 27.2 Å². The summed E-state index contributed by atoms with van der Waals surface area (Å²) in [7, 11) is 1.57. The standard InChI is InChI=1S/C38H75N2O6P/c1-6-8-10-12-14-16-18-20-21-23-25-27-29-31-37(41)36(35-46-47(43,44)45-34-33-40(3,4)5)39-38(42)32-30-28-26-24-22-19-17-15-13-11-9-7-2/h10,12,29,31,36-37,41H,6-9,11,13-28,30,32-35H2,1-5H3,(H-,39,42,43,44)/p+1/b12-10-,31-29+/t36-,37+/m0/s1. The molecule has 3 N–H and O–H groups in total. The Bertz CT molecular complexity index is 829. The largest absolute Gasteiger partial charge is 0.472 e. The Morgan fingerprint density at radius 2 is 1.19 bits per heavy atom. The van der Waals surface area contributed by atoms with E-state index in [0.29, 0.717) is 17.4 Å². The number of allylic oxidation sites excluding steroid dienone is 3. The van der Waals surface area contributed by atoms with E-state index < -0.39 is 20.0 Å². The van der Waals surface area contributed by atoms with Crippen molar-refractivity contribution in [1.29, 1.82) is 0 Å². The first-order valence-electron chi connectivity index (χ1n) is 19.2. The number of aliphatic hydroxyl groups excluding tert-OH is 1. The second-order valence-corrected chi connectivity index (χ2v) is 15.8. The summed E-state index contributed by atoms with van der Waals surface area (Å²) in [6.45, 7) is 4.73. The Morgan fingerprint density at radius 1 is 0.702 bits per heavy atom. The van der Waals surface area contributed by atoms with Crippen molar-refractivity contribution in [2.45, 2.75) is 174 Å². The monoisotopic (exact) mass is 688 g/mol. The maximum absolute atomic E-state index is 12.8. The Morgan fingerprint density at radius 3 is 1.72 bits per heavy atom. The molecule has 0 aliphatic carbocycles. The van der Waals surface area contributed by atoms with E-state index in [1.54, 1.807) is 6.08 Å². The highest BCUT2D eigenvalue weighted by atomic mass is 31.2. The number of unbranched alkanes of at least 4 members (excludes halogenated alkanes) is 19. The minimum Gasteiger partial charge on any atom is -0.387 e. The van der Waals surface area contributed by atoms with Crippen LogP contribution >= 0.6 is 7.82 Å². The number of carbonyl (C=O) groups excluding carboxylic acids is 1. The highest BCUT2D eigenvalue weighted by molar-refractivity contribution is 7.47. The van der Waals surface area contributed by atoms with E-state index in [2.05, 4.69) is 31.3 Å². The Hall–Kier alpha value is -1.02. The van der Waals surface area contributed by atoms with E-state index >= 15 is 0 Å². The smallest absolute Gasteiger partial charge is 0.387 e. The third-order valence-electron chi connectivity index (χ3n) is 8.40. The van der Waals surface area contributed by atoms with Crippen LogP contribution in [0.1, 0.15) is 162 Å². The second-order valence-electron chi connectivity index (χ2n) is 14.3. The molecule has 0 rings (SSSR count). The predicted molar refractivity (Wildman–Crippen MR) is 198 cm³/mol. The summed E-state index contributed by atoms with van der Waals surface area (Å²) in [6.07, 6.45) is 33.8. The molecule has 1 unspecified atom stereocenters. The fraction of sp³-hybridized carbons (Fsp3) is 0.868. The lowest BCUT2D eigenvalue weighted by Gasteiger charge is -2.25. The van der Waals surface area contributed by atoms with Gasteiger partial charge in [0.2, 0.25) is 5.91 Å². The molecule has 47 heavy (non-hydrogen) atoms. The number of hydrogen-bond donors (Lipinski definition) is 3. The van der Waals surface area contributed by atoms with Crippen LogP contribution in [0.5, 0.6) is 0 Å². The van der Waals surface area contributed by atoms with Gasteiger partial charge >= 0.3 is 7.82 Å². The van der Waals surface area contributed by atoms with Crippen molar-refractivity contribution < 1.29 is 32.9 Å². The van der Waals surface area contributed by atoms with Gasteiger partial charge in [-0.25, -0.2) is 4.57 Å². The molecule has 0 saturated heterocycles. The number of rotatable bonds is 34. The number of amides is 1. The van der Waals surface area contributed by atoms with Gasteiger partial charge in [-0.15, -0.1) is 0 Å². The number of quaternary nitrogens is 1. The molecule has 0 aromatic carbocycles. The molecule has 0 spiro atoms. The molecular formula is C38H76N2O6P+. The lowest BCUT2D eigenvalue weighted by Crippen LogP contribution is -2.45. The first-order valence-corrected chi connectivity index (χ1v) is 20.7. The number of phosphoric ester groups is 1. The normalized spacial score (nSPS) is 15.0. The van der Waals surface area contributed by atoms with Crippen LogP contribution in [0.4, 0.5) is 0 Å². The molecule has 0 fully saturated rings. The second kappa shape index (κ2) is 31.0. The van der Waals surface area contributed by atoms with Crippen molar-refractivity contribution in [2.75, 3.05) is 40.9 Å². The van der Waals surface area contributed by atoms with E-state index in [0.717, 1.165) is 38.5 Å². The van der Waals surface area contributed by atoms with Crippen LogP contribution in [0.2, 0.25) is 0 Å². The molecule has 0 aliphatic rings. The molecule has 0 bridgehead atoms. The van der Waals surface area contributed by atoms with E-state index in [1.165, 1.54) is 103 Å². The molecule has 3 atom stereocenters. The van der Waals surface area contributed by atoms with Gasteiger partial charge in [-0.2, -0.15) is 0 Å². The fourth-order valence-electron chi connectivity index (χ4n) is 5.28. The number of nitrogens with zero attached hydrogens (tertiary/aromatic N) is 1. The van der Waals surface area contributed by atoms with Crippen LogP contribution in [0.3, 0.4) is 0 Å². The van der Waals surface area contributed by atoms with Crippen molar-refractivity contribution >= 4 is 13.7 Å². The van der Waals surface area contributed by atoms with E-state index in [4.69, 9.17) is 9.05 Å². The number of carbonyl (C=O) groups is 1. The SMILES string of the molecule is CCC/C=C\CCCCCCCC/C=C/[C@@H](O)[C@H](COP(=O)(O)OCC[N+](C)(C)C)NC(=O)CCCCCCCCCCCCCC. The number of phosphoric acid groups is 1. The topological polar surface area (TPSA) is 105 Å². The van der Waals surface area contributed by atoms with Gasteiger partial charge < -0.3 is 19.8 Å². The van der Waals surface area contributed by atoms with Crippen molar-refractivity contribution in [3.05, 3.63) is 24.3 Å². The van der Waals surface area contributed by atoms with Crippen molar-refractivity contribution in [3.8, 4) is 0 Å². The molecule has 0 aliphatic heterocycles. The molecule has 278 valence electrons. The molecule has 8 nitrogen and oxygen atoms in total. The van der Waals surface area contributed by atoms with E-state index in [9.17, 15) is 19.4 Å². The third kappa shape index (κ3) is 33.3. The molecule has 0 radical (unpaired) electrons. The van der Waals surface area contributed by atoms with Crippen LogP contribution in [-0.4, -0.2) is 73.4 Å². The fourth-order valence-corrected chi connectivity index (χ4v) is 6.01. The molecule has 0 saturated carbocycles. The maximum atomic E-state index is 12.8. The average molecular weight is 688 g/mol. The number of likely N-dealkylation sites (N-methyl/N-ethyl adjacent to an activating group) is 1. The number of aliphatic hydroxyl groups is 1. The molecule has 1 amide bonds. The minimum atomic E-state index is -4.33. The first-order chi connectivity index (χ1) is 22.5. The summed E-state index contributed by atoms with van der Waals surface area (Å²) in [6, 6.07) is -0.843. The van der Waals surface area contributed by atoms with Gasteiger partial charge in [0.1, 0.15) is 13.2 Å². The summed E-state index contributed by atoms with van der Waals surface area (Å²) in [5.41, 5.74) is 0. The molecule has 0 heterocycles. The Labute approximate surface area is 290 Å². The lowest BCUT2D eigenvalue weighted by atomic mass is 10.0. The van der Waals surface area contributed by atoms with E-state index in [-0.39, 0.29) is 19.1 Å². The summed E-state index contributed by atoms with van der Waals surface area (Å²) in [4.78, 5) is 23.0. The van der Waals surface area contributed by atoms with Crippen LogP contribution in [-0.2, 0) is 18.4 Å². The summed E-state index contributed by atoms with van der Waals surface area (Å²) >= 11 is 0. The molecular weight excluding hydrogens is 611 g/mol. The zero-order chi connectivity index (χ0) is 35.1. The number of nitrogens with one attached hydrogen (secondary N) is 1. The Kier molecular flexibility index (Phi) is 30.3. The number of hydrogen-bond acceptors (Lipinski definition) is 5. The molecule has 0 aromatic heterocycles. The predicted octanol–water partition coefficient (Wildman–Crippen LogP) is 9.80. The zero-order valence-corrected chi connectivity index (χ0v) is 32.2. The average Bonchev–Trinajstić information content (AvgIpc) is 3.01. The van der Waals surface area contributed by atoms with Crippen LogP contribution in [0.15, 0.2) is 24.3 Å². The highest BCUT2D eigenvalue weighted by Crippen LogP contribution is 2.43. The first kappa shape index (κ1) is 46.0. The lowest BCUT2D eigenvalue weighted by molar-refractivity contribution is -0.870. The summed E-state index contributed by atoms with van der Waals surface area (Å²) in [5.74, 6) is -0.183. The van der Waals surface area contributed by atoms with Gasteiger partial charge in [0.25, 0.3) is 0 Å². The summed E-state index contributed by atoms with van der Waals surface area (Å²) < 4.78 is 23.4. The van der Waals surface area contributed by atoms with Crippen molar-refractivity contribution in [1.82, 2.24) is 5.32 Å². The van der Waals surface area contributed by atoms with Gasteiger partial charge in [0, 0.05) is 6.42 Å². The maximum Gasteiger partial charge on any atom is 0.472 e. The third-order valence-corrected chi connectivity index (χ3v) is 9.38. The van der Waals surface area contributed by atoms with Gasteiger partial charge in [0.05, 0.1) is 39.9 Å². The zero-order valence-electron chi connectivity index (χ0n) is 31.3. The Balaban J connectivity index is 4.55. The van der Waals surface area contributed by atoms with Gasteiger partial charge in [-0.05, 0) is 38.5 Å². The quantitative estimate of drug-likeness (QED) is 0.0269. The minimum absolute atomic E-state index is 0.0612. The van der Waals surface area contributed by atoms with Gasteiger partial charge in [-0.1, -0.05) is 141 Å².